The van der Waals surface area contributed by atoms with Crippen LogP contribution in [0.4, 0.5) is 0 Å². The molecule has 2 unspecified atom stereocenters. The van der Waals surface area contributed by atoms with Crippen molar-refractivity contribution in [2.75, 3.05) is 5.75 Å². The Bertz CT molecular complexity index is 554. The zero-order chi connectivity index (χ0) is 14.8. The molecule has 2 rings (SSSR count). The Hall–Kier alpha value is -0.0800. The van der Waals surface area contributed by atoms with Crippen LogP contribution in [-0.4, -0.2) is 25.5 Å². The van der Waals surface area contributed by atoms with Crippen molar-refractivity contribution in [2.45, 2.75) is 55.8 Å². The summed E-state index contributed by atoms with van der Waals surface area (Å²) in [5, 5.41) is 2.45. The van der Waals surface area contributed by atoms with Gasteiger partial charge in [-0.3, -0.25) is 0 Å². The Morgan fingerprint density at radius 3 is 2.90 bits per heavy atom. The van der Waals surface area contributed by atoms with Gasteiger partial charge in [0.05, 0.1) is 0 Å². The molecule has 114 valence electrons. The van der Waals surface area contributed by atoms with Crippen LogP contribution in [0, 0.1) is 6.92 Å². The van der Waals surface area contributed by atoms with Gasteiger partial charge in [-0.1, -0.05) is 6.92 Å². The van der Waals surface area contributed by atoms with E-state index in [-0.39, 0.29) is 12.6 Å². The molecule has 1 aliphatic rings. The van der Waals surface area contributed by atoms with Crippen LogP contribution >= 0.6 is 23.1 Å². The molecule has 0 radical (unpaired) electrons. The van der Waals surface area contributed by atoms with E-state index in [0.29, 0.717) is 10.1 Å². The molecule has 1 aromatic heterocycles. The first-order chi connectivity index (χ1) is 9.47. The molecular weight excluding hydrogens is 312 g/mol. The quantitative estimate of drug-likeness (QED) is 0.838. The fourth-order valence-corrected chi connectivity index (χ4v) is 6.83. The van der Waals surface area contributed by atoms with Crippen LogP contribution in [0.5, 0.6) is 0 Å². The van der Waals surface area contributed by atoms with E-state index in [9.17, 15) is 8.42 Å². The maximum absolute atomic E-state index is 12.5. The van der Waals surface area contributed by atoms with E-state index in [1.54, 1.807) is 0 Å². The number of rotatable bonds is 6. The van der Waals surface area contributed by atoms with Crippen molar-refractivity contribution in [1.29, 1.82) is 0 Å². The third-order valence-electron chi connectivity index (χ3n) is 3.55. The lowest BCUT2D eigenvalue weighted by Crippen LogP contribution is -2.34. The fourth-order valence-electron chi connectivity index (χ4n) is 2.70. The number of sulfonamides is 1. The maximum atomic E-state index is 12.5. The topological polar surface area (TPSA) is 72.2 Å². The van der Waals surface area contributed by atoms with Crippen molar-refractivity contribution in [3.8, 4) is 0 Å². The van der Waals surface area contributed by atoms with Crippen molar-refractivity contribution in [2.24, 2.45) is 5.73 Å². The summed E-state index contributed by atoms with van der Waals surface area (Å²) in [6.07, 6.45) is 2.95. The van der Waals surface area contributed by atoms with E-state index in [4.69, 9.17) is 5.73 Å². The van der Waals surface area contributed by atoms with Crippen molar-refractivity contribution in [1.82, 2.24) is 4.72 Å². The van der Waals surface area contributed by atoms with Gasteiger partial charge >= 0.3 is 0 Å². The van der Waals surface area contributed by atoms with Crippen molar-refractivity contribution < 1.29 is 8.42 Å². The van der Waals surface area contributed by atoms with Crippen LogP contribution in [0.1, 0.15) is 36.6 Å². The maximum Gasteiger partial charge on any atom is 0.242 e. The first kappa shape index (κ1) is 16.3. The molecule has 1 aromatic rings. The molecule has 4 nitrogen and oxygen atoms in total. The number of aryl methyl sites for hydroxylation is 1. The van der Waals surface area contributed by atoms with Crippen LogP contribution in [0.3, 0.4) is 0 Å². The minimum absolute atomic E-state index is 0.0639. The normalized spacial score (nSPS) is 23.4. The molecule has 0 spiro atoms. The molecule has 1 aliphatic carbocycles. The summed E-state index contributed by atoms with van der Waals surface area (Å²) < 4.78 is 28.0. The molecule has 0 aromatic carbocycles. The number of thioether (sulfide) groups is 1. The number of hydrogen-bond acceptors (Lipinski definition) is 5. The Morgan fingerprint density at radius 2 is 2.25 bits per heavy atom. The molecule has 20 heavy (non-hydrogen) atoms. The molecule has 2 atom stereocenters. The van der Waals surface area contributed by atoms with Gasteiger partial charge in [-0.05, 0) is 42.9 Å². The summed E-state index contributed by atoms with van der Waals surface area (Å²) in [5.74, 6) is 1.09. The first-order valence-corrected chi connectivity index (χ1v) is 10.3. The first-order valence-electron chi connectivity index (χ1n) is 6.89. The van der Waals surface area contributed by atoms with Crippen LogP contribution in [0.25, 0.3) is 0 Å². The zero-order valence-corrected chi connectivity index (χ0v) is 14.3. The van der Waals surface area contributed by atoms with E-state index >= 15 is 0 Å². The second kappa shape index (κ2) is 6.79. The SMILES string of the molecule is CCSC1CCC(NS(=O)(=O)c2c(C)csc2CN)C1. The summed E-state index contributed by atoms with van der Waals surface area (Å²) in [6.45, 7) is 4.24. The summed E-state index contributed by atoms with van der Waals surface area (Å²) in [7, 11) is -3.44. The molecule has 0 amide bonds. The Labute approximate surface area is 129 Å². The number of nitrogens with one attached hydrogen (secondary N) is 1. The average Bonchev–Trinajstić information content (AvgIpc) is 2.96. The minimum Gasteiger partial charge on any atom is -0.326 e. The summed E-state index contributed by atoms with van der Waals surface area (Å²) in [5.41, 5.74) is 6.44. The predicted molar refractivity (Wildman–Crippen MR) is 86.8 cm³/mol. The highest BCUT2D eigenvalue weighted by molar-refractivity contribution is 7.99. The predicted octanol–water partition coefficient (Wildman–Crippen LogP) is 2.47. The molecular formula is C13H22N2O2S3. The fraction of sp³-hybridized carbons (Fsp3) is 0.692. The summed E-state index contributed by atoms with van der Waals surface area (Å²) in [4.78, 5) is 1.14. The van der Waals surface area contributed by atoms with Gasteiger partial charge in [0.2, 0.25) is 10.0 Å². The Balaban J connectivity index is 2.10. The smallest absolute Gasteiger partial charge is 0.242 e. The Morgan fingerprint density at radius 1 is 1.50 bits per heavy atom. The van der Waals surface area contributed by atoms with Gasteiger partial charge in [0, 0.05) is 22.7 Å². The number of thiophene rings is 1. The largest absolute Gasteiger partial charge is 0.326 e. The molecule has 3 N–H and O–H groups in total. The van der Waals surface area contributed by atoms with E-state index in [1.807, 2.05) is 24.1 Å². The lowest BCUT2D eigenvalue weighted by atomic mass is 10.3. The summed E-state index contributed by atoms with van der Waals surface area (Å²) >= 11 is 3.35. The van der Waals surface area contributed by atoms with Gasteiger partial charge in [-0.2, -0.15) is 11.8 Å². The second-order valence-electron chi connectivity index (χ2n) is 5.08. The van der Waals surface area contributed by atoms with E-state index in [2.05, 4.69) is 11.6 Å². The average molecular weight is 335 g/mol. The molecule has 0 aliphatic heterocycles. The standard InChI is InChI=1S/C13H22N2O2S3/c1-3-18-11-5-4-10(6-11)15-20(16,17)13-9(2)8-19-12(13)7-14/h8,10-11,15H,3-7,14H2,1-2H3. The monoisotopic (exact) mass is 334 g/mol. The van der Waals surface area contributed by atoms with Gasteiger partial charge in [0.1, 0.15) is 4.90 Å². The lowest BCUT2D eigenvalue weighted by Gasteiger charge is -2.14. The van der Waals surface area contributed by atoms with Crippen LogP contribution < -0.4 is 10.5 Å². The highest BCUT2D eigenvalue weighted by Gasteiger charge is 2.30. The molecule has 7 heteroatoms. The van der Waals surface area contributed by atoms with Gasteiger partial charge in [0.25, 0.3) is 0 Å². The van der Waals surface area contributed by atoms with Crippen molar-refractivity contribution in [3.63, 3.8) is 0 Å². The highest BCUT2D eigenvalue weighted by Crippen LogP contribution is 2.32. The lowest BCUT2D eigenvalue weighted by molar-refractivity contribution is 0.551. The molecule has 0 bridgehead atoms. The molecule has 1 saturated carbocycles. The number of hydrogen-bond donors (Lipinski definition) is 2. The summed E-state index contributed by atoms with van der Waals surface area (Å²) in [6, 6.07) is 0.0639. The van der Waals surface area contributed by atoms with Gasteiger partial charge < -0.3 is 5.73 Å². The van der Waals surface area contributed by atoms with Gasteiger partial charge in [-0.15, -0.1) is 11.3 Å². The van der Waals surface area contributed by atoms with Crippen molar-refractivity contribution in [3.05, 3.63) is 15.8 Å². The van der Waals surface area contributed by atoms with Crippen LogP contribution in [-0.2, 0) is 16.6 Å². The molecule has 1 heterocycles. The third-order valence-corrected chi connectivity index (χ3v) is 7.79. The molecule has 1 fully saturated rings. The third kappa shape index (κ3) is 3.57. The minimum atomic E-state index is -3.44. The Kier molecular flexibility index (Phi) is 5.53. The van der Waals surface area contributed by atoms with E-state index in [1.165, 1.54) is 11.3 Å². The van der Waals surface area contributed by atoms with Crippen molar-refractivity contribution >= 4 is 33.1 Å². The van der Waals surface area contributed by atoms with Crippen LogP contribution in [0.2, 0.25) is 0 Å². The van der Waals surface area contributed by atoms with E-state index < -0.39 is 10.0 Å². The second-order valence-corrected chi connectivity index (χ2v) is 9.28. The van der Waals surface area contributed by atoms with E-state index in [0.717, 1.165) is 35.5 Å². The van der Waals surface area contributed by atoms with Gasteiger partial charge in [-0.25, -0.2) is 13.1 Å². The van der Waals surface area contributed by atoms with Gasteiger partial charge in [0.15, 0.2) is 0 Å². The molecule has 0 saturated heterocycles. The van der Waals surface area contributed by atoms with Crippen LogP contribution in [0.15, 0.2) is 10.3 Å². The zero-order valence-electron chi connectivity index (χ0n) is 11.9. The number of nitrogens with two attached hydrogens (primary N) is 1. The highest BCUT2D eigenvalue weighted by atomic mass is 32.2.